The summed E-state index contributed by atoms with van der Waals surface area (Å²) in [6.45, 7) is 2.10. The summed E-state index contributed by atoms with van der Waals surface area (Å²) in [6, 6.07) is 8.92. The van der Waals surface area contributed by atoms with E-state index < -0.39 is 11.2 Å². The molecule has 0 aliphatic rings. The number of rotatable bonds is 7. The summed E-state index contributed by atoms with van der Waals surface area (Å²) in [5.41, 5.74) is 0.382. The first-order chi connectivity index (χ1) is 12.6. The van der Waals surface area contributed by atoms with Crippen LogP contribution < -0.4 is 16.0 Å². The molecule has 2 N–H and O–H groups in total. The van der Waals surface area contributed by atoms with E-state index in [-0.39, 0.29) is 6.42 Å². The predicted molar refractivity (Wildman–Crippen MR) is 99.4 cm³/mol. The average molecular weight is 373 g/mol. The topological polar surface area (TPSA) is 106 Å². The number of hydrogen-bond acceptors (Lipinski definition) is 6. The Labute approximate surface area is 153 Å². The van der Waals surface area contributed by atoms with Crippen molar-refractivity contribution in [2.24, 2.45) is 0 Å². The number of benzene rings is 1. The van der Waals surface area contributed by atoms with Crippen LogP contribution in [0.4, 0.5) is 0 Å². The van der Waals surface area contributed by atoms with Crippen LogP contribution in [0, 0.1) is 0 Å². The Morgan fingerprint density at radius 3 is 2.58 bits per heavy atom. The minimum atomic E-state index is -0.538. The quantitative estimate of drug-likeness (QED) is 0.611. The van der Waals surface area contributed by atoms with Crippen LogP contribution in [0.15, 0.2) is 45.1 Å². The molecule has 0 unspecified atom stereocenters. The predicted octanol–water partition coefficient (Wildman–Crippen LogP) is 1.75. The lowest BCUT2D eigenvalue weighted by Gasteiger charge is -2.11. The highest BCUT2D eigenvalue weighted by Gasteiger charge is 2.15. The second kappa shape index (κ2) is 8.05. The highest BCUT2D eigenvalue weighted by molar-refractivity contribution is 7.99. The molecule has 3 rings (SSSR count). The van der Waals surface area contributed by atoms with Crippen LogP contribution in [-0.4, -0.2) is 37.6 Å². The first-order valence-corrected chi connectivity index (χ1v) is 9.13. The zero-order valence-electron chi connectivity index (χ0n) is 14.5. The Morgan fingerprint density at radius 2 is 1.92 bits per heavy atom. The van der Waals surface area contributed by atoms with Crippen LogP contribution in [0.25, 0.3) is 5.69 Å². The fourth-order valence-corrected chi connectivity index (χ4v) is 3.30. The summed E-state index contributed by atoms with van der Waals surface area (Å²) in [5, 5.41) is 9.31. The number of ether oxygens (including phenoxy) is 1. The van der Waals surface area contributed by atoms with Gasteiger partial charge in [-0.25, -0.2) is 4.79 Å². The fourth-order valence-electron chi connectivity index (χ4n) is 2.48. The summed E-state index contributed by atoms with van der Waals surface area (Å²) in [7, 11) is 1.62. The summed E-state index contributed by atoms with van der Waals surface area (Å²) in [4.78, 5) is 27.8. The number of thioether (sulfide) groups is 1. The van der Waals surface area contributed by atoms with Crippen LogP contribution in [0.5, 0.6) is 5.75 Å². The Kier molecular flexibility index (Phi) is 5.57. The van der Waals surface area contributed by atoms with Crippen molar-refractivity contribution in [2.75, 3.05) is 12.9 Å². The van der Waals surface area contributed by atoms with E-state index >= 15 is 0 Å². The molecular formula is C17H19N5O3S. The second-order valence-electron chi connectivity index (χ2n) is 5.57. The number of methoxy groups -OCH3 is 1. The van der Waals surface area contributed by atoms with E-state index in [1.807, 2.05) is 28.8 Å². The smallest absolute Gasteiger partial charge is 0.325 e. The third-order valence-corrected chi connectivity index (χ3v) is 4.77. The first-order valence-electron chi connectivity index (χ1n) is 8.14. The van der Waals surface area contributed by atoms with E-state index in [0.717, 1.165) is 28.8 Å². The number of nitrogens with zero attached hydrogens (tertiary/aromatic N) is 3. The minimum Gasteiger partial charge on any atom is -0.497 e. The zero-order chi connectivity index (χ0) is 18.5. The van der Waals surface area contributed by atoms with Crippen molar-refractivity contribution in [3.8, 4) is 11.4 Å². The van der Waals surface area contributed by atoms with Gasteiger partial charge in [0.2, 0.25) is 0 Å². The molecule has 0 radical (unpaired) electrons. The Balaban J connectivity index is 2.02. The molecule has 2 aromatic heterocycles. The number of aromatic nitrogens is 5. The molecule has 0 aliphatic heterocycles. The van der Waals surface area contributed by atoms with Crippen LogP contribution >= 0.6 is 11.8 Å². The third kappa shape index (κ3) is 4.05. The Hall–Kier alpha value is -2.81. The van der Waals surface area contributed by atoms with Crippen molar-refractivity contribution in [2.45, 2.75) is 24.9 Å². The molecule has 0 spiro atoms. The third-order valence-electron chi connectivity index (χ3n) is 3.63. The SMILES string of the molecule is CCCSc1nnc(Cc2cc(=O)[nH]c(=O)[nH]2)n1-c1ccc(OC)cc1. The molecule has 2 heterocycles. The van der Waals surface area contributed by atoms with E-state index in [1.165, 1.54) is 6.07 Å². The van der Waals surface area contributed by atoms with Crippen LogP contribution in [0.3, 0.4) is 0 Å². The van der Waals surface area contributed by atoms with Gasteiger partial charge in [0.25, 0.3) is 5.56 Å². The maximum atomic E-state index is 11.5. The largest absolute Gasteiger partial charge is 0.497 e. The molecular weight excluding hydrogens is 354 g/mol. The Bertz CT molecular complexity index is 962. The average Bonchev–Trinajstić information content (AvgIpc) is 3.01. The molecule has 0 atom stereocenters. The molecule has 136 valence electrons. The molecule has 0 fully saturated rings. The normalized spacial score (nSPS) is 10.8. The molecule has 3 aromatic rings. The van der Waals surface area contributed by atoms with Crippen LogP contribution in [0.1, 0.15) is 24.9 Å². The molecule has 9 heteroatoms. The van der Waals surface area contributed by atoms with Gasteiger partial charge in [0.15, 0.2) is 5.16 Å². The van der Waals surface area contributed by atoms with E-state index in [4.69, 9.17) is 4.74 Å². The summed E-state index contributed by atoms with van der Waals surface area (Å²) >= 11 is 1.61. The summed E-state index contributed by atoms with van der Waals surface area (Å²) in [5.74, 6) is 2.30. The van der Waals surface area contributed by atoms with Gasteiger partial charge in [-0.2, -0.15) is 0 Å². The number of aromatic amines is 2. The zero-order valence-corrected chi connectivity index (χ0v) is 15.3. The molecule has 0 amide bonds. The van der Waals surface area contributed by atoms with E-state index in [2.05, 4.69) is 27.1 Å². The molecule has 0 bridgehead atoms. The van der Waals surface area contributed by atoms with E-state index in [9.17, 15) is 9.59 Å². The van der Waals surface area contributed by atoms with Gasteiger partial charge in [0.05, 0.1) is 7.11 Å². The van der Waals surface area contributed by atoms with Gasteiger partial charge in [0, 0.05) is 29.6 Å². The second-order valence-corrected chi connectivity index (χ2v) is 6.63. The lowest BCUT2D eigenvalue weighted by atomic mass is 10.2. The molecule has 0 saturated heterocycles. The number of hydrogen-bond donors (Lipinski definition) is 2. The van der Waals surface area contributed by atoms with E-state index in [0.29, 0.717) is 11.5 Å². The van der Waals surface area contributed by atoms with Gasteiger partial charge >= 0.3 is 5.69 Å². The van der Waals surface area contributed by atoms with Crippen molar-refractivity contribution >= 4 is 11.8 Å². The van der Waals surface area contributed by atoms with Gasteiger partial charge in [-0.3, -0.25) is 14.3 Å². The number of nitrogens with one attached hydrogen (secondary N) is 2. The van der Waals surface area contributed by atoms with Crippen molar-refractivity contribution in [1.82, 2.24) is 24.7 Å². The Morgan fingerprint density at radius 1 is 1.15 bits per heavy atom. The molecule has 0 aliphatic carbocycles. The monoisotopic (exact) mass is 373 g/mol. The van der Waals surface area contributed by atoms with Gasteiger partial charge in [0.1, 0.15) is 11.6 Å². The maximum absolute atomic E-state index is 11.5. The highest BCUT2D eigenvalue weighted by Crippen LogP contribution is 2.25. The van der Waals surface area contributed by atoms with E-state index in [1.54, 1.807) is 18.9 Å². The van der Waals surface area contributed by atoms with Gasteiger partial charge in [-0.15, -0.1) is 10.2 Å². The molecule has 1 aromatic carbocycles. The van der Waals surface area contributed by atoms with Crippen LogP contribution in [-0.2, 0) is 6.42 Å². The van der Waals surface area contributed by atoms with Crippen molar-refractivity contribution < 1.29 is 4.74 Å². The van der Waals surface area contributed by atoms with Crippen molar-refractivity contribution in [1.29, 1.82) is 0 Å². The first kappa shape index (κ1) is 18.0. The molecule has 26 heavy (non-hydrogen) atoms. The number of H-pyrrole nitrogens is 2. The maximum Gasteiger partial charge on any atom is 0.325 e. The van der Waals surface area contributed by atoms with Gasteiger partial charge in [-0.1, -0.05) is 18.7 Å². The van der Waals surface area contributed by atoms with Crippen molar-refractivity contribution in [3.63, 3.8) is 0 Å². The molecule has 8 nitrogen and oxygen atoms in total. The van der Waals surface area contributed by atoms with Gasteiger partial charge < -0.3 is 9.72 Å². The van der Waals surface area contributed by atoms with Crippen molar-refractivity contribution in [3.05, 3.63) is 62.7 Å². The fraction of sp³-hybridized carbons (Fsp3) is 0.294. The van der Waals surface area contributed by atoms with Crippen LogP contribution in [0.2, 0.25) is 0 Å². The summed E-state index contributed by atoms with van der Waals surface area (Å²) < 4.78 is 7.14. The van der Waals surface area contributed by atoms with Gasteiger partial charge in [-0.05, 0) is 30.7 Å². The lowest BCUT2D eigenvalue weighted by molar-refractivity contribution is 0.414. The highest BCUT2D eigenvalue weighted by atomic mass is 32.2. The standard InChI is InChI=1S/C17H19N5O3S/c1-3-8-26-17-21-20-14(9-11-10-15(23)19-16(24)18-11)22(17)12-4-6-13(25-2)7-5-12/h4-7,10H,3,8-9H2,1-2H3,(H2,18,19,23,24). The summed E-state index contributed by atoms with van der Waals surface area (Å²) in [6.07, 6.45) is 1.29. The lowest BCUT2D eigenvalue weighted by Crippen LogP contribution is -2.23. The molecule has 0 saturated carbocycles. The minimum absolute atomic E-state index is 0.283.